The minimum atomic E-state index is -0.649. The van der Waals surface area contributed by atoms with E-state index < -0.39 is 72.1 Å². The second-order valence-corrected chi connectivity index (χ2v) is 14.4. The number of rotatable bonds is 7. The van der Waals surface area contributed by atoms with Gasteiger partial charge in [0.05, 0.1) is 30.4 Å². The molecular weight excluding hydrogens is 763 g/mol. The Bertz CT molecular complexity index is 4060. The fourth-order valence-electron chi connectivity index (χ4n) is 7.98. The van der Waals surface area contributed by atoms with Crippen LogP contribution in [-0.4, -0.2) is 34.5 Å². The number of furan rings is 1. The average molecular weight is 806 g/mol. The maximum atomic E-state index is 8.99. The van der Waals surface area contributed by atoms with Crippen molar-refractivity contribution >= 4 is 43.7 Å². The van der Waals surface area contributed by atoms with Crippen LogP contribution in [0.25, 0.3) is 118 Å². The number of para-hydroxylation sites is 3. The van der Waals surface area contributed by atoms with Gasteiger partial charge in [-0.15, -0.1) is 0 Å². The van der Waals surface area contributed by atoms with Crippen LogP contribution in [0.1, 0.15) is 13.7 Å². The summed E-state index contributed by atoms with van der Waals surface area (Å²) in [5.41, 5.74) is 4.91. The summed E-state index contributed by atoms with van der Waals surface area (Å²) in [7, 11) is 0. The summed E-state index contributed by atoms with van der Waals surface area (Å²) in [5, 5.41) is 3.57. The Kier molecular flexibility index (Phi) is 6.23. The van der Waals surface area contributed by atoms with Crippen molar-refractivity contribution in [3.05, 3.63) is 200 Å². The zero-order chi connectivity index (χ0) is 49.7. The SMILES string of the molecule is [2H]c1c([2H])c([2H])c(-c2nc(-c3cc(-c4nc(-c5ccccc5)nc(-c5cccc6oc7ccccc7c56)n4)ccc3-n3c4ccccc4c4ccccc43)nc(-c3c([2H])c([2H])c([2H])c([2H])c3[2H])n2)c([2H])c1[2H]. The van der Waals surface area contributed by atoms with Crippen molar-refractivity contribution in [2.24, 2.45) is 0 Å². The van der Waals surface area contributed by atoms with Crippen molar-refractivity contribution in [2.45, 2.75) is 0 Å². The van der Waals surface area contributed by atoms with Crippen LogP contribution in [0.5, 0.6) is 0 Å². The van der Waals surface area contributed by atoms with E-state index in [1.54, 1.807) is 6.07 Å². The Labute approximate surface area is 369 Å². The topological polar surface area (TPSA) is 95.4 Å². The van der Waals surface area contributed by atoms with Gasteiger partial charge in [0.15, 0.2) is 34.9 Å². The van der Waals surface area contributed by atoms with Gasteiger partial charge in [0.2, 0.25) is 0 Å². The molecular formula is C54H33N7O. The highest BCUT2D eigenvalue weighted by Crippen LogP contribution is 2.40. The number of aromatic nitrogens is 7. The van der Waals surface area contributed by atoms with E-state index in [2.05, 4.69) is 4.98 Å². The van der Waals surface area contributed by atoms with Crippen LogP contribution >= 0.6 is 0 Å². The van der Waals surface area contributed by atoms with Crippen LogP contribution in [0, 0.1) is 0 Å². The highest BCUT2D eigenvalue weighted by molar-refractivity contribution is 6.12. The molecule has 0 aliphatic heterocycles. The van der Waals surface area contributed by atoms with Crippen LogP contribution in [-0.2, 0) is 0 Å². The molecule has 0 N–H and O–H groups in total. The summed E-state index contributed by atoms with van der Waals surface area (Å²) in [4.78, 5) is 29.6. The monoisotopic (exact) mass is 805 g/mol. The molecule has 0 spiro atoms. The molecule has 8 aromatic carbocycles. The number of hydrogen-bond acceptors (Lipinski definition) is 7. The van der Waals surface area contributed by atoms with Gasteiger partial charge < -0.3 is 8.98 Å². The first-order valence-electron chi connectivity index (χ1n) is 24.6. The second kappa shape index (κ2) is 14.6. The fourth-order valence-corrected chi connectivity index (χ4v) is 7.98. The largest absolute Gasteiger partial charge is 0.456 e. The van der Waals surface area contributed by atoms with Crippen molar-refractivity contribution in [3.8, 4) is 74.0 Å². The number of benzene rings is 8. The van der Waals surface area contributed by atoms with E-state index in [1.165, 1.54) is 0 Å². The molecule has 12 aromatic rings. The minimum Gasteiger partial charge on any atom is -0.456 e. The summed E-state index contributed by atoms with van der Waals surface area (Å²) in [6, 6.07) is 37.8. The minimum absolute atomic E-state index is 0.125. The standard InChI is InChI=1S/C54H33N7O/c1-4-17-34(18-5-1)49-55-50(35-19-6-2-7-20-35)59-54(58-49)42-33-37(31-32-45(42)61-43-27-13-10-23-38(43)39-24-11-14-28-44(39)61)52-56-51(36-21-8-3-9-22-36)57-53(60-52)41-26-16-30-47-48(41)40-25-12-15-29-46(40)62-47/h1-33H/i1D,2D,4D,5D,6D,7D,17D,18D,19D,20D. The molecule has 8 nitrogen and oxygen atoms in total. The number of nitrogens with zero attached hydrogens (tertiary/aromatic N) is 7. The van der Waals surface area contributed by atoms with Crippen molar-refractivity contribution in [3.63, 3.8) is 0 Å². The lowest BCUT2D eigenvalue weighted by Crippen LogP contribution is -2.05. The van der Waals surface area contributed by atoms with Gasteiger partial charge in [-0.2, -0.15) is 0 Å². The van der Waals surface area contributed by atoms with E-state index in [4.69, 9.17) is 43.0 Å². The zero-order valence-corrected chi connectivity index (χ0v) is 32.3. The van der Waals surface area contributed by atoms with E-state index in [0.29, 0.717) is 45.2 Å². The highest BCUT2D eigenvalue weighted by atomic mass is 16.3. The molecule has 0 amide bonds. The van der Waals surface area contributed by atoms with Gasteiger partial charge in [-0.3, -0.25) is 0 Å². The molecule has 0 atom stereocenters. The van der Waals surface area contributed by atoms with Crippen molar-refractivity contribution in [1.29, 1.82) is 0 Å². The Balaban J connectivity index is 1.19. The quantitative estimate of drug-likeness (QED) is 0.158. The first-order valence-corrected chi connectivity index (χ1v) is 19.6. The van der Waals surface area contributed by atoms with E-state index in [-0.39, 0.29) is 22.8 Å². The first-order chi connectivity index (χ1) is 34.9. The molecule has 0 bridgehead atoms. The zero-order valence-electron chi connectivity index (χ0n) is 42.3. The van der Waals surface area contributed by atoms with Gasteiger partial charge >= 0.3 is 0 Å². The maximum absolute atomic E-state index is 8.99. The molecule has 0 saturated heterocycles. The highest BCUT2D eigenvalue weighted by Gasteiger charge is 2.23. The summed E-state index contributed by atoms with van der Waals surface area (Å²) < 4.78 is 95.2. The Morgan fingerprint density at radius 3 is 1.52 bits per heavy atom. The lowest BCUT2D eigenvalue weighted by Gasteiger charge is -2.16. The number of hydrogen-bond donors (Lipinski definition) is 0. The lowest BCUT2D eigenvalue weighted by molar-refractivity contribution is 0.669. The predicted molar refractivity (Wildman–Crippen MR) is 247 cm³/mol. The molecule has 0 unspecified atom stereocenters. The molecule has 4 heterocycles. The molecule has 0 saturated carbocycles. The van der Waals surface area contributed by atoms with Gasteiger partial charge in [-0.05, 0) is 42.5 Å². The van der Waals surface area contributed by atoms with Crippen molar-refractivity contribution in [2.75, 3.05) is 0 Å². The molecule has 290 valence electrons. The second-order valence-electron chi connectivity index (χ2n) is 14.4. The molecule has 8 heteroatoms. The van der Waals surface area contributed by atoms with E-state index in [0.717, 1.165) is 38.1 Å². The first kappa shape index (κ1) is 26.5. The van der Waals surface area contributed by atoms with E-state index >= 15 is 0 Å². The fraction of sp³-hybridized carbons (Fsp3) is 0. The molecule has 62 heavy (non-hydrogen) atoms. The van der Waals surface area contributed by atoms with Crippen LogP contribution in [0.15, 0.2) is 204 Å². The smallest absolute Gasteiger partial charge is 0.166 e. The van der Waals surface area contributed by atoms with Crippen LogP contribution in [0.4, 0.5) is 0 Å². The molecule has 0 fully saturated rings. The molecule has 0 radical (unpaired) electrons. The summed E-state index contributed by atoms with van der Waals surface area (Å²) in [5.74, 6) is 0.0684. The third kappa shape index (κ3) is 6.00. The lowest BCUT2D eigenvalue weighted by atomic mass is 10.0. The summed E-state index contributed by atoms with van der Waals surface area (Å²) >= 11 is 0. The Hall–Kier alpha value is -8.62. The maximum Gasteiger partial charge on any atom is 0.166 e. The average Bonchev–Trinajstić information content (AvgIpc) is 3.97. The van der Waals surface area contributed by atoms with Crippen molar-refractivity contribution < 1.29 is 18.1 Å². The van der Waals surface area contributed by atoms with Crippen LogP contribution in [0.2, 0.25) is 0 Å². The Morgan fingerprint density at radius 2 is 0.871 bits per heavy atom. The third-order valence-corrected chi connectivity index (χ3v) is 10.7. The van der Waals surface area contributed by atoms with Crippen molar-refractivity contribution in [1.82, 2.24) is 34.5 Å². The molecule has 4 aromatic heterocycles. The summed E-state index contributed by atoms with van der Waals surface area (Å²) in [6.45, 7) is 0. The third-order valence-electron chi connectivity index (χ3n) is 10.7. The van der Waals surface area contributed by atoms with Crippen LogP contribution < -0.4 is 0 Å². The van der Waals surface area contributed by atoms with Gasteiger partial charge in [0, 0.05) is 54.9 Å². The normalized spacial score (nSPS) is 13.8. The summed E-state index contributed by atoms with van der Waals surface area (Å²) in [6.07, 6.45) is 0. The molecule has 12 rings (SSSR count). The van der Waals surface area contributed by atoms with Crippen LogP contribution in [0.3, 0.4) is 0 Å². The van der Waals surface area contributed by atoms with E-state index in [9.17, 15) is 0 Å². The van der Waals surface area contributed by atoms with Gasteiger partial charge in [-0.1, -0.05) is 157 Å². The Morgan fingerprint density at radius 1 is 0.371 bits per heavy atom. The number of fused-ring (bicyclic) bond motifs is 6. The van der Waals surface area contributed by atoms with Gasteiger partial charge in [0.25, 0.3) is 0 Å². The molecule has 0 aliphatic rings. The van der Waals surface area contributed by atoms with Gasteiger partial charge in [0.1, 0.15) is 11.2 Å². The van der Waals surface area contributed by atoms with Gasteiger partial charge in [-0.25, -0.2) is 29.9 Å². The van der Waals surface area contributed by atoms with E-state index in [1.807, 2.05) is 138 Å². The predicted octanol–water partition coefficient (Wildman–Crippen LogP) is 13.1. The molecule has 0 aliphatic carbocycles.